The average molecular weight is 217 g/mol. The van der Waals surface area contributed by atoms with Crippen molar-refractivity contribution in [1.29, 1.82) is 0 Å². The van der Waals surface area contributed by atoms with E-state index in [2.05, 4.69) is 10.6 Å². The second-order valence-corrected chi connectivity index (χ2v) is 3.04. The van der Waals surface area contributed by atoms with Crippen LogP contribution in [0.2, 0.25) is 0 Å². The lowest BCUT2D eigenvalue weighted by Gasteiger charge is -2.30. The maximum absolute atomic E-state index is 11.7. The molecule has 0 radical (unpaired) electrons. The van der Waals surface area contributed by atoms with E-state index in [1.807, 2.05) is 0 Å². The number of amides is 2. The van der Waals surface area contributed by atoms with E-state index in [4.69, 9.17) is 9.68 Å². The van der Waals surface area contributed by atoms with Crippen LogP contribution in [0, 0.1) is 0 Å². The standard InChI is InChI=1S/C8H15N3O4/c1-9-6(12)8(7(13)10-2)4-5-15-11(8)14-3/h4-5H2,1-3H3,(H,9,12)(H,10,13). The lowest BCUT2D eigenvalue weighted by molar-refractivity contribution is -0.353. The first-order valence-electron chi connectivity index (χ1n) is 4.55. The van der Waals surface area contributed by atoms with Crippen molar-refractivity contribution in [3.63, 3.8) is 0 Å². The van der Waals surface area contributed by atoms with Gasteiger partial charge >= 0.3 is 0 Å². The summed E-state index contributed by atoms with van der Waals surface area (Å²) in [6.07, 6.45) is 0.250. The van der Waals surface area contributed by atoms with Gasteiger partial charge in [-0.1, -0.05) is 0 Å². The molecule has 0 spiro atoms. The fourth-order valence-electron chi connectivity index (χ4n) is 1.60. The summed E-state index contributed by atoms with van der Waals surface area (Å²) >= 11 is 0. The molecule has 0 unspecified atom stereocenters. The predicted molar refractivity (Wildman–Crippen MR) is 50.3 cm³/mol. The number of rotatable bonds is 3. The lowest BCUT2D eigenvalue weighted by Crippen LogP contribution is -2.62. The van der Waals surface area contributed by atoms with E-state index in [0.717, 1.165) is 5.23 Å². The molecular formula is C8H15N3O4. The van der Waals surface area contributed by atoms with E-state index in [0.29, 0.717) is 0 Å². The van der Waals surface area contributed by atoms with E-state index in [-0.39, 0.29) is 13.0 Å². The highest BCUT2D eigenvalue weighted by molar-refractivity contribution is 6.09. The van der Waals surface area contributed by atoms with E-state index < -0.39 is 17.4 Å². The Kier molecular flexibility index (Phi) is 3.61. The Bertz CT molecular complexity index is 253. The second-order valence-electron chi connectivity index (χ2n) is 3.04. The van der Waals surface area contributed by atoms with Crippen molar-refractivity contribution in [2.45, 2.75) is 12.0 Å². The molecule has 1 fully saturated rings. The monoisotopic (exact) mass is 217 g/mol. The number of hydrogen-bond acceptors (Lipinski definition) is 5. The van der Waals surface area contributed by atoms with Crippen LogP contribution in [0.4, 0.5) is 0 Å². The SMILES string of the molecule is CNC(=O)C1(C(=O)NC)CCON1OC. The molecule has 0 aromatic carbocycles. The lowest BCUT2D eigenvalue weighted by atomic mass is 9.95. The van der Waals surface area contributed by atoms with Gasteiger partial charge in [-0.05, 0) is 5.23 Å². The van der Waals surface area contributed by atoms with Crippen LogP contribution in [-0.4, -0.2) is 50.4 Å². The minimum Gasteiger partial charge on any atom is -0.357 e. The zero-order chi connectivity index (χ0) is 11.5. The van der Waals surface area contributed by atoms with Gasteiger partial charge in [-0.15, -0.1) is 0 Å². The third-order valence-corrected chi connectivity index (χ3v) is 2.36. The zero-order valence-electron chi connectivity index (χ0n) is 8.99. The van der Waals surface area contributed by atoms with Gasteiger partial charge in [-0.2, -0.15) is 0 Å². The Morgan fingerprint density at radius 3 is 2.27 bits per heavy atom. The van der Waals surface area contributed by atoms with Gasteiger partial charge in [0.2, 0.25) is 5.54 Å². The predicted octanol–water partition coefficient (Wildman–Crippen LogP) is -1.58. The van der Waals surface area contributed by atoms with Crippen LogP contribution in [0.15, 0.2) is 0 Å². The van der Waals surface area contributed by atoms with Gasteiger partial charge in [0.1, 0.15) is 0 Å². The molecular weight excluding hydrogens is 202 g/mol. The van der Waals surface area contributed by atoms with Gasteiger partial charge in [0.15, 0.2) is 0 Å². The Morgan fingerprint density at radius 1 is 1.33 bits per heavy atom. The molecule has 2 amide bonds. The molecule has 1 saturated heterocycles. The van der Waals surface area contributed by atoms with Gasteiger partial charge < -0.3 is 10.6 Å². The molecule has 1 rings (SSSR count). The van der Waals surface area contributed by atoms with Gasteiger partial charge in [0, 0.05) is 20.5 Å². The fraction of sp³-hybridized carbons (Fsp3) is 0.750. The van der Waals surface area contributed by atoms with Crippen molar-refractivity contribution in [3.8, 4) is 0 Å². The maximum Gasteiger partial charge on any atom is 0.255 e. The minimum absolute atomic E-state index is 0.250. The Hall–Kier alpha value is -1.18. The van der Waals surface area contributed by atoms with Gasteiger partial charge in [0.25, 0.3) is 11.8 Å². The summed E-state index contributed by atoms with van der Waals surface area (Å²) in [6.45, 7) is 0.259. The molecule has 0 saturated carbocycles. The summed E-state index contributed by atoms with van der Waals surface area (Å²) in [5, 5.41) is 5.79. The Balaban J connectivity index is 3.05. The zero-order valence-corrected chi connectivity index (χ0v) is 8.99. The van der Waals surface area contributed by atoms with Crippen LogP contribution in [-0.2, 0) is 19.3 Å². The number of likely N-dealkylation sites (N-methyl/N-ethyl adjacent to an activating group) is 2. The minimum atomic E-state index is -1.43. The molecule has 15 heavy (non-hydrogen) atoms. The summed E-state index contributed by atoms with van der Waals surface area (Å²) in [5.41, 5.74) is -1.43. The molecule has 7 heteroatoms. The fourth-order valence-corrected chi connectivity index (χ4v) is 1.60. The number of carbonyl (C=O) groups excluding carboxylic acids is 2. The summed E-state index contributed by atoms with van der Waals surface area (Å²) in [7, 11) is 4.25. The molecule has 1 aliphatic heterocycles. The normalized spacial score (nSPS) is 19.9. The molecule has 0 atom stereocenters. The van der Waals surface area contributed by atoms with E-state index in [1.54, 1.807) is 0 Å². The smallest absolute Gasteiger partial charge is 0.255 e. The molecule has 1 heterocycles. The number of carbonyl (C=O) groups is 2. The van der Waals surface area contributed by atoms with Crippen molar-refractivity contribution < 1.29 is 19.3 Å². The van der Waals surface area contributed by atoms with Crippen LogP contribution < -0.4 is 10.6 Å². The summed E-state index contributed by atoms with van der Waals surface area (Å²) < 4.78 is 0. The van der Waals surface area contributed by atoms with E-state index >= 15 is 0 Å². The highest BCUT2D eigenvalue weighted by Crippen LogP contribution is 2.27. The van der Waals surface area contributed by atoms with Crippen molar-refractivity contribution in [2.24, 2.45) is 0 Å². The topological polar surface area (TPSA) is 79.9 Å². The molecule has 1 aliphatic rings. The molecule has 0 bridgehead atoms. The first kappa shape index (κ1) is 11.9. The highest BCUT2D eigenvalue weighted by atomic mass is 17.0. The molecule has 0 aromatic heterocycles. The van der Waals surface area contributed by atoms with Gasteiger partial charge in [-0.25, -0.2) is 0 Å². The first-order valence-corrected chi connectivity index (χ1v) is 4.55. The van der Waals surface area contributed by atoms with Crippen LogP contribution >= 0.6 is 0 Å². The van der Waals surface area contributed by atoms with Crippen molar-refractivity contribution >= 4 is 11.8 Å². The van der Waals surface area contributed by atoms with E-state index in [1.165, 1.54) is 21.2 Å². The summed E-state index contributed by atoms with van der Waals surface area (Å²) in [5.74, 6) is -0.914. The molecule has 0 aliphatic carbocycles. The number of nitrogens with zero attached hydrogens (tertiary/aromatic N) is 1. The Morgan fingerprint density at radius 2 is 1.87 bits per heavy atom. The van der Waals surface area contributed by atoms with Crippen LogP contribution in [0.1, 0.15) is 6.42 Å². The van der Waals surface area contributed by atoms with Crippen LogP contribution in [0.3, 0.4) is 0 Å². The number of nitrogens with one attached hydrogen (secondary N) is 2. The summed E-state index contributed by atoms with van der Waals surface area (Å²) in [4.78, 5) is 33.4. The number of hydroxylamine groups is 2. The highest BCUT2D eigenvalue weighted by Gasteiger charge is 2.55. The largest absolute Gasteiger partial charge is 0.357 e. The van der Waals surface area contributed by atoms with Crippen LogP contribution in [0.5, 0.6) is 0 Å². The molecule has 86 valence electrons. The molecule has 2 N–H and O–H groups in total. The van der Waals surface area contributed by atoms with Crippen molar-refractivity contribution in [2.75, 3.05) is 27.8 Å². The average Bonchev–Trinajstić information content (AvgIpc) is 2.71. The van der Waals surface area contributed by atoms with Gasteiger partial charge in [-0.3, -0.25) is 19.3 Å². The van der Waals surface area contributed by atoms with Crippen LogP contribution in [0.25, 0.3) is 0 Å². The van der Waals surface area contributed by atoms with Crippen molar-refractivity contribution in [3.05, 3.63) is 0 Å². The summed E-state index contributed by atoms with van der Waals surface area (Å²) in [6, 6.07) is 0. The van der Waals surface area contributed by atoms with Crippen molar-refractivity contribution in [1.82, 2.24) is 15.9 Å². The third-order valence-electron chi connectivity index (χ3n) is 2.36. The third kappa shape index (κ3) is 1.69. The quantitative estimate of drug-likeness (QED) is 0.557. The Labute approximate surface area is 87.6 Å². The molecule has 0 aromatic rings. The number of hydrogen-bond donors (Lipinski definition) is 2. The second kappa shape index (κ2) is 4.56. The first-order chi connectivity index (χ1) is 7.13. The van der Waals surface area contributed by atoms with Gasteiger partial charge in [0.05, 0.1) is 13.7 Å². The van der Waals surface area contributed by atoms with E-state index in [9.17, 15) is 9.59 Å². The maximum atomic E-state index is 11.7. The molecule has 7 nitrogen and oxygen atoms in total.